The fourth-order valence-electron chi connectivity index (χ4n) is 1.80. The summed E-state index contributed by atoms with van der Waals surface area (Å²) in [5, 5.41) is 0.325. The molecular weight excluding hydrogens is 312 g/mol. The number of nitrogen functional groups attached to an aromatic ring is 1. The van der Waals surface area contributed by atoms with Crippen LogP contribution in [0.15, 0.2) is 41.3 Å². The molecule has 0 bridgehead atoms. The zero-order valence-corrected chi connectivity index (χ0v) is 13.1. The monoisotopic (exact) mass is 326 g/mol. The van der Waals surface area contributed by atoms with Crippen LogP contribution >= 0.6 is 11.6 Å². The summed E-state index contributed by atoms with van der Waals surface area (Å²) in [5.74, 6) is 0.419. The van der Waals surface area contributed by atoms with E-state index in [-0.39, 0.29) is 10.6 Å². The first-order valence-electron chi connectivity index (χ1n) is 6.06. The van der Waals surface area contributed by atoms with Crippen molar-refractivity contribution in [2.75, 3.05) is 17.6 Å². The van der Waals surface area contributed by atoms with Gasteiger partial charge in [-0.05, 0) is 42.8 Å². The van der Waals surface area contributed by atoms with E-state index in [1.807, 2.05) is 6.92 Å². The van der Waals surface area contributed by atoms with E-state index in [0.717, 1.165) is 5.56 Å². The molecule has 0 radical (unpaired) electrons. The molecule has 0 heterocycles. The van der Waals surface area contributed by atoms with Gasteiger partial charge in [-0.3, -0.25) is 4.72 Å². The van der Waals surface area contributed by atoms with E-state index >= 15 is 0 Å². The molecule has 0 saturated heterocycles. The summed E-state index contributed by atoms with van der Waals surface area (Å²) in [6.45, 7) is 1.85. The van der Waals surface area contributed by atoms with Crippen molar-refractivity contribution in [1.82, 2.24) is 0 Å². The highest BCUT2D eigenvalue weighted by atomic mass is 35.5. The molecule has 0 unspecified atom stereocenters. The van der Waals surface area contributed by atoms with Crippen molar-refractivity contribution in [1.29, 1.82) is 0 Å². The molecule has 5 nitrogen and oxygen atoms in total. The van der Waals surface area contributed by atoms with E-state index < -0.39 is 10.0 Å². The minimum atomic E-state index is -3.77. The van der Waals surface area contributed by atoms with Gasteiger partial charge in [-0.15, -0.1) is 0 Å². The van der Waals surface area contributed by atoms with Crippen LogP contribution in [0.2, 0.25) is 5.02 Å². The van der Waals surface area contributed by atoms with Gasteiger partial charge >= 0.3 is 0 Å². The number of anilines is 2. The lowest BCUT2D eigenvalue weighted by molar-refractivity contribution is 0.416. The molecule has 0 saturated carbocycles. The minimum absolute atomic E-state index is 0.0402. The van der Waals surface area contributed by atoms with Crippen molar-refractivity contribution >= 4 is 33.0 Å². The minimum Gasteiger partial charge on any atom is -0.495 e. The van der Waals surface area contributed by atoms with Gasteiger partial charge in [-0.25, -0.2) is 8.42 Å². The lowest BCUT2D eigenvalue weighted by atomic mass is 10.2. The average Bonchev–Trinajstić information content (AvgIpc) is 2.42. The quantitative estimate of drug-likeness (QED) is 0.846. The van der Waals surface area contributed by atoms with Gasteiger partial charge < -0.3 is 10.5 Å². The molecule has 0 spiro atoms. The van der Waals surface area contributed by atoms with Crippen LogP contribution < -0.4 is 15.2 Å². The van der Waals surface area contributed by atoms with Crippen LogP contribution in [-0.2, 0) is 10.0 Å². The summed E-state index contributed by atoms with van der Waals surface area (Å²) < 4.78 is 32.2. The van der Waals surface area contributed by atoms with Gasteiger partial charge in [0, 0.05) is 0 Å². The zero-order chi connectivity index (χ0) is 15.6. The number of ether oxygens (including phenoxy) is 1. The molecule has 0 aliphatic carbocycles. The van der Waals surface area contributed by atoms with Crippen LogP contribution in [0.3, 0.4) is 0 Å². The Morgan fingerprint density at radius 3 is 2.52 bits per heavy atom. The molecular formula is C14H15ClN2O3S. The summed E-state index contributed by atoms with van der Waals surface area (Å²) in [6.07, 6.45) is 0. The van der Waals surface area contributed by atoms with Crippen molar-refractivity contribution < 1.29 is 13.2 Å². The lowest BCUT2D eigenvalue weighted by Crippen LogP contribution is -2.13. The largest absolute Gasteiger partial charge is 0.495 e. The molecule has 112 valence electrons. The Bertz CT molecular complexity index is 776. The Balaban J connectivity index is 2.38. The maximum atomic E-state index is 12.4. The van der Waals surface area contributed by atoms with E-state index in [2.05, 4.69) is 4.72 Å². The number of hydrogen-bond donors (Lipinski definition) is 2. The standard InChI is InChI=1S/C14H15ClN2O3S/c1-9-3-5-11(15)13(7-9)17-21(18,19)10-4-6-14(20-2)12(16)8-10/h3-8,17H,16H2,1-2H3. The van der Waals surface area contributed by atoms with Gasteiger partial charge in [0.1, 0.15) is 5.75 Å². The van der Waals surface area contributed by atoms with Gasteiger partial charge in [-0.2, -0.15) is 0 Å². The van der Waals surface area contributed by atoms with Gasteiger partial charge in [0.05, 0.1) is 28.4 Å². The van der Waals surface area contributed by atoms with E-state index in [4.69, 9.17) is 22.1 Å². The Labute approximate surface area is 128 Å². The summed E-state index contributed by atoms with van der Waals surface area (Å²) in [5.41, 5.74) is 7.20. The van der Waals surface area contributed by atoms with Gasteiger partial charge in [0.15, 0.2) is 0 Å². The number of hydrogen-bond acceptors (Lipinski definition) is 4. The van der Waals surface area contributed by atoms with Crippen molar-refractivity contribution in [3.63, 3.8) is 0 Å². The molecule has 0 atom stereocenters. The molecule has 0 aliphatic heterocycles. The third-order valence-electron chi connectivity index (χ3n) is 2.88. The second-order valence-corrected chi connectivity index (χ2v) is 6.58. The first-order chi connectivity index (χ1) is 9.83. The third kappa shape index (κ3) is 3.40. The smallest absolute Gasteiger partial charge is 0.262 e. The van der Waals surface area contributed by atoms with E-state index in [1.54, 1.807) is 18.2 Å². The number of nitrogens with one attached hydrogen (secondary N) is 1. The molecule has 2 aromatic carbocycles. The predicted octanol–water partition coefficient (Wildman–Crippen LogP) is 3.04. The maximum absolute atomic E-state index is 12.4. The number of aryl methyl sites for hydroxylation is 1. The van der Waals surface area contributed by atoms with E-state index in [9.17, 15) is 8.42 Å². The number of nitrogens with two attached hydrogens (primary N) is 1. The Morgan fingerprint density at radius 2 is 1.90 bits per heavy atom. The topological polar surface area (TPSA) is 81.4 Å². The van der Waals surface area contributed by atoms with Crippen LogP contribution in [0.1, 0.15) is 5.56 Å². The predicted molar refractivity (Wildman–Crippen MR) is 84.4 cm³/mol. The first kappa shape index (κ1) is 15.5. The van der Waals surface area contributed by atoms with Crippen molar-refractivity contribution in [3.05, 3.63) is 47.0 Å². The molecule has 0 aromatic heterocycles. The normalized spacial score (nSPS) is 11.2. The summed E-state index contributed by atoms with van der Waals surface area (Å²) in [7, 11) is -2.31. The van der Waals surface area contributed by atoms with Crippen LogP contribution in [0.4, 0.5) is 11.4 Å². The molecule has 21 heavy (non-hydrogen) atoms. The van der Waals surface area contributed by atoms with E-state index in [1.165, 1.54) is 25.3 Å². The van der Waals surface area contributed by atoms with Crippen molar-refractivity contribution in [2.24, 2.45) is 0 Å². The number of rotatable bonds is 4. The number of methoxy groups -OCH3 is 1. The van der Waals surface area contributed by atoms with E-state index in [0.29, 0.717) is 16.5 Å². The lowest BCUT2D eigenvalue weighted by Gasteiger charge is -2.12. The zero-order valence-electron chi connectivity index (χ0n) is 11.6. The summed E-state index contributed by atoms with van der Waals surface area (Å²) in [4.78, 5) is 0.0402. The summed E-state index contributed by atoms with van der Waals surface area (Å²) >= 11 is 6.00. The Kier molecular flexibility index (Phi) is 4.29. The highest BCUT2D eigenvalue weighted by molar-refractivity contribution is 7.92. The molecule has 0 fully saturated rings. The second kappa shape index (κ2) is 5.83. The van der Waals surface area contributed by atoms with Gasteiger partial charge in [0.2, 0.25) is 0 Å². The SMILES string of the molecule is COc1ccc(S(=O)(=O)Nc2cc(C)ccc2Cl)cc1N. The number of halogens is 1. The molecule has 2 rings (SSSR count). The van der Waals surface area contributed by atoms with Crippen molar-refractivity contribution in [2.45, 2.75) is 11.8 Å². The van der Waals surface area contributed by atoms with Crippen LogP contribution in [0.25, 0.3) is 0 Å². The Hall–Kier alpha value is -1.92. The Morgan fingerprint density at radius 1 is 1.19 bits per heavy atom. The second-order valence-electron chi connectivity index (χ2n) is 4.49. The number of sulfonamides is 1. The fourth-order valence-corrected chi connectivity index (χ4v) is 3.13. The van der Waals surface area contributed by atoms with Crippen LogP contribution in [-0.4, -0.2) is 15.5 Å². The maximum Gasteiger partial charge on any atom is 0.262 e. The molecule has 2 aromatic rings. The van der Waals surface area contributed by atoms with Crippen LogP contribution in [0.5, 0.6) is 5.75 Å². The molecule has 7 heteroatoms. The van der Waals surface area contributed by atoms with Crippen molar-refractivity contribution in [3.8, 4) is 5.75 Å². The highest BCUT2D eigenvalue weighted by Crippen LogP contribution is 2.28. The van der Waals surface area contributed by atoms with Gasteiger partial charge in [-0.1, -0.05) is 17.7 Å². The molecule has 0 aliphatic rings. The first-order valence-corrected chi connectivity index (χ1v) is 7.92. The van der Waals surface area contributed by atoms with Gasteiger partial charge in [0.25, 0.3) is 10.0 Å². The molecule has 0 amide bonds. The number of benzene rings is 2. The third-order valence-corrected chi connectivity index (χ3v) is 4.57. The fraction of sp³-hybridized carbons (Fsp3) is 0.143. The van der Waals surface area contributed by atoms with Crippen LogP contribution in [0, 0.1) is 6.92 Å². The molecule has 3 N–H and O–H groups in total. The highest BCUT2D eigenvalue weighted by Gasteiger charge is 2.17. The summed E-state index contributed by atoms with van der Waals surface area (Å²) in [6, 6.07) is 9.35. The average molecular weight is 327 g/mol.